The van der Waals surface area contributed by atoms with Crippen molar-refractivity contribution in [3.8, 4) is 12.3 Å². The van der Waals surface area contributed by atoms with E-state index in [1.165, 1.54) is 5.57 Å². The quantitative estimate of drug-likeness (QED) is 0.301. The van der Waals surface area contributed by atoms with Gasteiger partial charge < -0.3 is 25.5 Å². The van der Waals surface area contributed by atoms with Gasteiger partial charge in [0.25, 0.3) is 5.91 Å². The summed E-state index contributed by atoms with van der Waals surface area (Å²) < 4.78 is 0. The number of aliphatic hydroxyl groups is 2. The Kier molecular flexibility index (Phi) is 7.58. The van der Waals surface area contributed by atoms with Crippen molar-refractivity contribution in [3.63, 3.8) is 0 Å². The van der Waals surface area contributed by atoms with Gasteiger partial charge in [-0.25, -0.2) is 4.79 Å². The molecule has 0 spiro atoms. The summed E-state index contributed by atoms with van der Waals surface area (Å²) in [7, 11) is 0. The standard InChI is InChI=1S/C32H40N2O6/c1-4-32(39)17-14-25-23-11-10-21-18-22(12-15-30(21,2)24(23)13-16-31(25,32)3)34-40-19-26(35)33-27(29(37)38)28(36)20-8-6-5-7-9-20/h1,5-9,18,23-25,27-28,36,39H,10-17,19H2,2-3H3,(H,33,35)(H,37,38)/b34-22+/t23?,24?,25?,27?,28?,30-,31-,32-/m0/s1. The van der Waals surface area contributed by atoms with Crippen LogP contribution < -0.4 is 5.32 Å². The lowest BCUT2D eigenvalue weighted by molar-refractivity contribution is -0.146. The van der Waals surface area contributed by atoms with Gasteiger partial charge in [0.05, 0.1) is 5.71 Å². The molecule has 4 aliphatic rings. The highest BCUT2D eigenvalue weighted by atomic mass is 16.6. The number of terminal acetylenes is 1. The number of hydrogen-bond donors (Lipinski definition) is 4. The Bertz CT molecular complexity index is 1250. The van der Waals surface area contributed by atoms with E-state index in [9.17, 15) is 24.9 Å². The maximum absolute atomic E-state index is 12.4. The first-order chi connectivity index (χ1) is 19.0. The number of rotatable bonds is 7. The molecular formula is C32H40N2O6. The fraction of sp³-hybridized carbons (Fsp3) is 0.594. The van der Waals surface area contributed by atoms with Crippen LogP contribution in [0.5, 0.6) is 0 Å². The third-order valence-electron chi connectivity index (χ3n) is 10.8. The van der Waals surface area contributed by atoms with Gasteiger partial charge in [-0.15, -0.1) is 6.42 Å². The minimum absolute atomic E-state index is 0.0692. The Balaban J connectivity index is 1.21. The van der Waals surface area contributed by atoms with Crippen LogP contribution in [0.4, 0.5) is 0 Å². The largest absolute Gasteiger partial charge is 0.480 e. The number of hydrogen-bond acceptors (Lipinski definition) is 6. The number of carbonyl (C=O) groups excluding carboxylic acids is 1. The van der Waals surface area contributed by atoms with Crippen LogP contribution in [0.1, 0.15) is 76.9 Å². The molecule has 3 saturated carbocycles. The highest BCUT2D eigenvalue weighted by molar-refractivity contribution is 5.96. The number of aliphatic hydroxyl groups excluding tert-OH is 1. The SMILES string of the molecule is C#C[C@]1(O)CCC2C3CCC4=C/C(=N/OCC(=O)NC(C(=O)O)C(O)c5ccccc5)CC[C@]4(C)C3CC[C@@]21C. The number of allylic oxidation sites excluding steroid dienone is 2. The van der Waals surface area contributed by atoms with Crippen LogP contribution in [0.3, 0.4) is 0 Å². The monoisotopic (exact) mass is 548 g/mol. The normalized spacial score (nSPS) is 37.1. The smallest absolute Gasteiger partial charge is 0.329 e. The van der Waals surface area contributed by atoms with Crippen molar-refractivity contribution in [2.24, 2.45) is 33.7 Å². The van der Waals surface area contributed by atoms with E-state index in [1.54, 1.807) is 30.3 Å². The van der Waals surface area contributed by atoms with Crippen LogP contribution in [-0.2, 0) is 14.4 Å². The molecule has 1 aromatic carbocycles. The van der Waals surface area contributed by atoms with Crippen molar-refractivity contribution in [2.75, 3.05) is 6.61 Å². The van der Waals surface area contributed by atoms with Crippen molar-refractivity contribution in [2.45, 2.75) is 83.0 Å². The molecule has 0 aromatic heterocycles. The molecule has 0 saturated heterocycles. The Hall–Kier alpha value is -3.15. The zero-order valence-electron chi connectivity index (χ0n) is 23.3. The minimum atomic E-state index is -1.51. The van der Waals surface area contributed by atoms with Gasteiger partial charge in [-0.2, -0.15) is 0 Å². The summed E-state index contributed by atoms with van der Waals surface area (Å²) >= 11 is 0. The summed E-state index contributed by atoms with van der Waals surface area (Å²) in [6.45, 7) is 4.13. The van der Waals surface area contributed by atoms with E-state index in [1.807, 2.05) is 0 Å². The van der Waals surface area contributed by atoms with Crippen molar-refractivity contribution < 1.29 is 29.7 Å². The minimum Gasteiger partial charge on any atom is -0.480 e. The number of carboxylic acids is 1. The number of carboxylic acid groups (broad SMARTS) is 1. The number of oxime groups is 1. The Morgan fingerprint density at radius 1 is 1.12 bits per heavy atom. The first-order valence-electron chi connectivity index (χ1n) is 14.4. The number of fused-ring (bicyclic) bond motifs is 5. The van der Waals surface area contributed by atoms with E-state index >= 15 is 0 Å². The van der Waals surface area contributed by atoms with Crippen molar-refractivity contribution in [1.29, 1.82) is 0 Å². The molecule has 1 amide bonds. The lowest BCUT2D eigenvalue weighted by Gasteiger charge is -2.58. The molecule has 5 unspecified atom stereocenters. The summed E-state index contributed by atoms with van der Waals surface area (Å²) in [5.74, 6) is 2.27. The van der Waals surface area contributed by atoms with Crippen LogP contribution in [0.15, 0.2) is 47.1 Å². The van der Waals surface area contributed by atoms with Crippen molar-refractivity contribution in [3.05, 3.63) is 47.5 Å². The molecule has 8 nitrogen and oxygen atoms in total. The van der Waals surface area contributed by atoms with Gasteiger partial charge in [-0.3, -0.25) is 4.79 Å². The zero-order valence-corrected chi connectivity index (χ0v) is 23.3. The molecule has 0 radical (unpaired) electrons. The average molecular weight is 549 g/mol. The van der Waals surface area contributed by atoms with Crippen LogP contribution in [0.2, 0.25) is 0 Å². The van der Waals surface area contributed by atoms with Gasteiger partial charge in [0.2, 0.25) is 0 Å². The molecule has 4 aliphatic carbocycles. The van der Waals surface area contributed by atoms with Crippen LogP contribution in [0, 0.1) is 40.9 Å². The van der Waals surface area contributed by atoms with E-state index in [-0.39, 0.29) is 10.8 Å². The highest BCUT2D eigenvalue weighted by Gasteiger charge is 2.63. The second-order valence-corrected chi connectivity index (χ2v) is 12.6. The maximum Gasteiger partial charge on any atom is 0.329 e. The number of aliphatic carboxylic acids is 1. The summed E-state index contributed by atoms with van der Waals surface area (Å²) in [4.78, 5) is 29.5. The number of nitrogens with zero attached hydrogens (tertiary/aromatic N) is 1. The predicted octanol–water partition coefficient (Wildman–Crippen LogP) is 3.99. The summed E-state index contributed by atoms with van der Waals surface area (Å²) in [6, 6.07) is 6.83. The first kappa shape index (κ1) is 28.4. The van der Waals surface area contributed by atoms with Gasteiger partial charge in [0, 0.05) is 5.41 Å². The van der Waals surface area contributed by atoms with Crippen LogP contribution in [0.25, 0.3) is 0 Å². The van der Waals surface area contributed by atoms with Gasteiger partial charge in [-0.1, -0.05) is 60.8 Å². The fourth-order valence-corrected chi connectivity index (χ4v) is 8.40. The molecule has 0 bridgehead atoms. The summed E-state index contributed by atoms with van der Waals surface area (Å²) in [5.41, 5.74) is 1.40. The molecule has 214 valence electrons. The number of benzene rings is 1. The summed E-state index contributed by atoms with van der Waals surface area (Å²) in [5, 5.41) is 37.7. The molecule has 4 N–H and O–H groups in total. The number of amides is 1. The molecule has 1 aromatic rings. The van der Waals surface area contributed by atoms with Gasteiger partial charge in [0.15, 0.2) is 12.6 Å². The lowest BCUT2D eigenvalue weighted by Crippen LogP contribution is -2.54. The molecule has 5 rings (SSSR count). The van der Waals surface area contributed by atoms with Crippen molar-refractivity contribution in [1.82, 2.24) is 5.32 Å². The van der Waals surface area contributed by atoms with E-state index in [0.717, 1.165) is 50.7 Å². The predicted molar refractivity (Wildman–Crippen MR) is 150 cm³/mol. The number of nitrogens with one attached hydrogen (secondary N) is 1. The highest BCUT2D eigenvalue weighted by Crippen LogP contribution is 2.67. The maximum atomic E-state index is 12.4. The number of carbonyl (C=O) groups is 2. The molecular weight excluding hydrogens is 508 g/mol. The first-order valence-corrected chi connectivity index (χ1v) is 14.4. The van der Waals surface area contributed by atoms with Crippen LogP contribution >= 0.6 is 0 Å². The summed E-state index contributed by atoms with van der Waals surface area (Å²) in [6.07, 6.45) is 13.9. The third-order valence-corrected chi connectivity index (χ3v) is 10.8. The average Bonchev–Trinajstić information content (AvgIpc) is 3.22. The molecule has 40 heavy (non-hydrogen) atoms. The van der Waals surface area contributed by atoms with Crippen LogP contribution in [-0.4, -0.2) is 51.2 Å². The topological polar surface area (TPSA) is 128 Å². The van der Waals surface area contributed by atoms with E-state index in [0.29, 0.717) is 29.7 Å². The second kappa shape index (κ2) is 10.7. The lowest BCUT2D eigenvalue weighted by atomic mass is 9.46. The van der Waals surface area contributed by atoms with Gasteiger partial charge in [-0.05, 0) is 86.2 Å². The van der Waals surface area contributed by atoms with Crippen molar-refractivity contribution >= 4 is 17.6 Å². The van der Waals surface area contributed by atoms with Gasteiger partial charge in [0.1, 0.15) is 11.7 Å². The molecule has 0 aliphatic heterocycles. The Morgan fingerprint density at radius 2 is 1.85 bits per heavy atom. The van der Waals surface area contributed by atoms with E-state index < -0.39 is 36.2 Å². The zero-order chi connectivity index (χ0) is 28.7. The van der Waals surface area contributed by atoms with E-state index in [2.05, 4.69) is 36.3 Å². The molecule has 0 heterocycles. The second-order valence-electron chi connectivity index (χ2n) is 12.6. The van der Waals surface area contributed by atoms with E-state index in [4.69, 9.17) is 11.3 Å². The Morgan fingerprint density at radius 3 is 2.55 bits per heavy atom. The third kappa shape index (κ3) is 4.73. The molecule has 3 fully saturated rings. The fourth-order valence-electron chi connectivity index (χ4n) is 8.40. The Labute approximate surface area is 235 Å². The molecule has 8 heteroatoms. The van der Waals surface area contributed by atoms with Gasteiger partial charge >= 0.3 is 5.97 Å². The molecule has 8 atom stereocenters.